The summed E-state index contributed by atoms with van der Waals surface area (Å²) in [6, 6.07) is 8.39. The molecular weight excluding hydrogens is 206 g/mol. The maximum Gasteiger partial charge on any atom is 0.325 e. The summed E-state index contributed by atoms with van der Waals surface area (Å²) in [6.07, 6.45) is 0. The highest BCUT2D eigenvalue weighted by molar-refractivity contribution is 5.87. The van der Waals surface area contributed by atoms with Gasteiger partial charge in [-0.25, -0.2) is 0 Å². The third-order valence-electron chi connectivity index (χ3n) is 2.42. The van der Waals surface area contributed by atoms with Crippen molar-refractivity contribution in [3.63, 3.8) is 0 Å². The maximum atomic E-state index is 11.7. The molecule has 0 aliphatic rings. The van der Waals surface area contributed by atoms with Crippen LogP contribution in [-0.2, 0) is 9.59 Å². The van der Waals surface area contributed by atoms with E-state index in [0.717, 1.165) is 5.56 Å². The van der Waals surface area contributed by atoms with Gasteiger partial charge in [-0.1, -0.05) is 30.3 Å². The third kappa shape index (κ3) is 3.08. The molecule has 0 spiro atoms. The molecule has 0 saturated carbocycles. The van der Waals surface area contributed by atoms with Crippen LogP contribution in [0.25, 0.3) is 0 Å². The van der Waals surface area contributed by atoms with Crippen LogP contribution >= 0.6 is 0 Å². The number of carbonyl (C=O) groups is 2. The van der Waals surface area contributed by atoms with E-state index in [-0.39, 0.29) is 11.8 Å². The molecule has 0 fully saturated rings. The minimum atomic E-state index is -1.03. The molecule has 1 amide bonds. The highest BCUT2D eigenvalue weighted by atomic mass is 16.4. The quantitative estimate of drug-likeness (QED) is 0.807. The van der Waals surface area contributed by atoms with Crippen LogP contribution in [0.4, 0.5) is 0 Å². The summed E-state index contributed by atoms with van der Waals surface area (Å²) in [5.41, 5.74) is 0.873. The van der Waals surface area contributed by atoms with Gasteiger partial charge < -0.3 is 10.4 Å². The molecule has 0 aliphatic carbocycles. The second kappa shape index (κ2) is 5.30. The Balaban J connectivity index is 2.65. The van der Waals surface area contributed by atoms with Crippen LogP contribution in [0, 0.1) is 0 Å². The first-order chi connectivity index (χ1) is 7.52. The Labute approximate surface area is 94.3 Å². The summed E-state index contributed by atoms with van der Waals surface area (Å²) in [4.78, 5) is 22.3. The Kier molecular flexibility index (Phi) is 4.05. The fourth-order valence-corrected chi connectivity index (χ4v) is 1.29. The smallest absolute Gasteiger partial charge is 0.325 e. The summed E-state index contributed by atoms with van der Waals surface area (Å²) in [7, 11) is 0. The first-order valence-electron chi connectivity index (χ1n) is 5.10. The van der Waals surface area contributed by atoms with E-state index in [4.69, 9.17) is 5.11 Å². The summed E-state index contributed by atoms with van der Waals surface area (Å²) >= 11 is 0. The van der Waals surface area contributed by atoms with Crippen molar-refractivity contribution in [1.29, 1.82) is 0 Å². The highest BCUT2D eigenvalue weighted by Crippen LogP contribution is 2.14. The van der Waals surface area contributed by atoms with E-state index in [1.807, 2.05) is 30.3 Å². The van der Waals surface area contributed by atoms with Crippen molar-refractivity contribution in [1.82, 2.24) is 5.32 Å². The number of nitrogens with one attached hydrogen (secondary N) is 1. The number of hydrogen-bond donors (Lipinski definition) is 2. The lowest BCUT2D eigenvalue weighted by Crippen LogP contribution is -2.40. The number of carboxylic acids is 1. The number of rotatable bonds is 4. The van der Waals surface area contributed by atoms with Crippen molar-refractivity contribution in [3.8, 4) is 0 Å². The van der Waals surface area contributed by atoms with Crippen molar-refractivity contribution in [2.24, 2.45) is 0 Å². The van der Waals surface area contributed by atoms with Gasteiger partial charge in [0.25, 0.3) is 0 Å². The Hall–Kier alpha value is -1.84. The Bertz CT molecular complexity index is 375. The molecule has 16 heavy (non-hydrogen) atoms. The standard InChI is InChI=1S/C12H15NO3/c1-8(10-6-4-3-5-7-10)11(14)13-9(2)12(15)16/h3-9H,1-2H3,(H,13,14)(H,15,16)/t8-,9-/m0/s1. The monoisotopic (exact) mass is 221 g/mol. The van der Waals surface area contributed by atoms with Crippen molar-refractivity contribution in [2.45, 2.75) is 25.8 Å². The van der Waals surface area contributed by atoms with E-state index in [1.54, 1.807) is 6.92 Å². The van der Waals surface area contributed by atoms with Gasteiger partial charge >= 0.3 is 5.97 Å². The summed E-state index contributed by atoms with van der Waals surface area (Å²) in [5.74, 6) is -1.65. The van der Waals surface area contributed by atoms with E-state index in [1.165, 1.54) is 6.92 Å². The Morgan fingerprint density at radius 1 is 1.19 bits per heavy atom. The Morgan fingerprint density at radius 3 is 2.25 bits per heavy atom. The molecule has 0 radical (unpaired) electrons. The molecule has 4 heteroatoms. The van der Waals surface area contributed by atoms with E-state index in [0.29, 0.717) is 0 Å². The average Bonchev–Trinajstić information content (AvgIpc) is 2.28. The molecule has 0 aliphatic heterocycles. The largest absolute Gasteiger partial charge is 0.480 e. The minimum Gasteiger partial charge on any atom is -0.480 e. The molecule has 2 atom stereocenters. The van der Waals surface area contributed by atoms with Crippen LogP contribution < -0.4 is 5.32 Å². The van der Waals surface area contributed by atoms with Crippen LogP contribution in [0.1, 0.15) is 25.3 Å². The van der Waals surface area contributed by atoms with Gasteiger partial charge in [0.15, 0.2) is 0 Å². The van der Waals surface area contributed by atoms with E-state index in [2.05, 4.69) is 5.32 Å². The molecule has 1 rings (SSSR count). The fourth-order valence-electron chi connectivity index (χ4n) is 1.29. The summed E-state index contributed by atoms with van der Waals surface area (Å²) < 4.78 is 0. The number of benzene rings is 1. The lowest BCUT2D eigenvalue weighted by Gasteiger charge is -2.14. The van der Waals surface area contributed by atoms with Crippen LogP contribution in [0.2, 0.25) is 0 Å². The van der Waals surface area contributed by atoms with E-state index in [9.17, 15) is 9.59 Å². The summed E-state index contributed by atoms with van der Waals surface area (Å²) in [6.45, 7) is 3.19. The number of carbonyl (C=O) groups excluding carboxylic acids is 1. The fraction of sp³-hybridized carbons (Fsp3) is 0.333. The molecule has 0 bridgehead atoms. The predicted molar refractivity (Wildman–Crippen MR) is 60.1 cm³/mol. The second-order valence-corrected chi connectivity index (χ2v) is 3.70. The second-order valence-electron chi connectivity index (χ2n) is 3.70. The topological polar surface area (TPSA) is 66.4 Å². The van der Waals surface area contributed by atoms with Crippen LogP contribution in [0.15, 0.2) is 30.3 Å². The molecule has 86 valence electrons. The normalized spacial score (nSPS) is 13.9. The molecular formula is C12H15NO3. The maximum absolute atomic E-state index is 11.7. The first-order valence-corrected chi connectivity index (χ1v) is 5.10. The van der Waals surface area contributed by atoms with Crippen molar-refractivity contribution < 1.29 is 14.7 Å². The molecule has 4 nitrogen and oxygen atoms in total. The van der Waals surface area contributed by atoms with Crippen molar-refractivity contribution >= 4 is 11.9 Å². The van der Waals surface area contributed by atoms with Gasteiger partial charge in [0.2, 0.25) is 5.91 Å². The predicted octanol–water partition coefficient (Wildman–Crippen LogP) is 1.38. The number of amides is 1. The van der Waals surface area contributed by atoms with Gasteiger partial charge in [-0.15, -0.1) is 0 Å². The average molecular weight is 221 g/mol. The molecule has 0 saturated heterocycles. The Morgan fingerprint density at radius 2 is 1.75 bits per heavy atom. The van der Waals surface area contributed by atoms with E-state index >= 15 is 0 Å². The van der Waals surface area contributed by atoms with E-state index < -0.39 is 12.0 Å². The highest BCUT2D eigenvalue weighted by Gasteiger charge is 2.19. The third-order valence-corrected chi connectivity index (χ3v) is 2.42. The van der Waals surface area contributed by atoms with Crippen molar-refractivity contribution in [2.75, 3.05) is 0 Å². The van der Waals surface area contributed by atoms with Crippen LogP contribution in [0.3, 0.4) is 0 Å². The SMILES string of the molecule is C[C@H](NC(=O)[C@@H](C)c1ccccc1)C(=O)O. The zero-order valence-corrected chi connectivity index (χ0v) is 9.31. The molecule has 0 unspecified atom stereocenters. The van der Waals surface area contributed by atoms with Gasteiger partial charge in [-0.2, -0.15) is 0 Å². The lowest BCUT2D eigenvalue weighted by atomic mass is 10.0. The molecule has 2 N–H and O–H groups in total. The first kappa shape index (κ1) is 12.2. The zero-order valence-electron chi connectivity index (χ0n) is 9.31. The zero-order chi connectivity index (χ0) is 12.1. The number of carboxylic acid groups (broad SMARTS) is 1. The molecule has 1 aromatic carbocycles. The van der Waals surface area contributed by atoms with Gasteiger partial charge in [-0.3, -0.25) is 9.59 Å². The number of hydrogen-bond acceptors (Lipinski definition) is 2. The van der Waals surface area contributed by atoms with Crippen LogP contribution in [-0.4, -0.2) is 23.0 Å². The van der Waals surface area contributed by atoms with Crippen LogP contribution in [0.5, 0.6) is 0 Å². The molecule has 0 aromatic heterocycles. The van der Waals surface area contributed by atoms with Gasteiger partial charge in [0, 0.05) is 0 Å². The lowest BCUT2D eigenvalue weighted by molar-refractivity contribution is -0.141. The minimum absolute atomic E-state index is 0.277. The molecule has 0 heterocycles. The van der Waals surface area contributed by atoms with Gasteiger partial charge in [0.1, 0.15) is 6.04 Å². The van der Waals surface area contributed by atoms with Gasteiger partial charge in [0.05, 0.1) is 5.92 Å². The molecule has 1 aromatic rings. The van der Waals surface area contributed by atoms with Gasteiger partial charge in [-0.05, 0) is 19.4 Å². The summed E-state index contributed by atoms with van der Waals surface area (Å²) in [5, 5.41) is 11.1. The number of aliphatic carboxylic acids is 1. The van der Waals surface area contributed by atoms with Crippen molar-refractivity contribution in [3.05, 3.63) is 35.9 Å².